The first-order valence-electron chi connectivity index (χ1n) is 18.4. The minimum Gasteiger partial charge on any atom is -0.462 e. The van der Waals surface area contributed by atoms with Crippen molar-refractivity contribution >= 4 is 11.9 Å². The molecule has 0 amide bonds. The summed E-state index contributed by atoms with van der Waals surface area (Å²) in [7, 11) is 0. The molecule has 41 heavy (non-hydrogen) atoms. The van der Waals surface area contributed by atoms with Gasteiger partial charge in [0, 0.05) is 12.8 Å². The maximum Gasteiger partial charge on any atom is 0.306 e. The third-order valence-electron chi connectivity index (χ3n) is 8.28. The average Bonchev–Trinajstić information content (AvgIpc) is 2.96. The zero-order valence-electron chi connectivity index (χ0n) is 28.1. The van der Waals surface area contributed by atoms with E-state index in [4.69, 9.17) is 9.47 Å². The highest BCUT2D eigenvalue weighted by molar-refractivity contribution is 5.70. The number of carbonyl (C=O) groups is 2. The van der Waals surface area contributed by atoms with Crippen molar-refractivity contribution in [1.82, 2.24) is 0 Å². The molecule has 0 saturated carbocycles. The quantitative estimate of drug-likeness (QED) is 0.0572. The van der Waals surface area contributed by atoms with Gasteiger partial charge in [-0.1, -0.05) is 181 Å². The lowest BCUT2D eigenvalue weighted by Gasteiger charge is -2.13. The van der Waals surface area contributed by atoms with Crippen molar-refractivity contribution in [3.63, 3.8) is 0 Å². The molecule has 0 aliphatic carbocycles. The Hall–Kier alpha value is -1.06. The standard InChI is InChI=1S/C37H72O4/c1-4-6-8-10-12-14-16-18-19-21-22-24-26-28-30-32-36(38)40-34-35(3)41-37(39)33-31-29-27-25-23-20-17-15-13-11-9-7-5-2/h35H,4-34H2,1-3H3. The third kappa shape index (κ3) is 33.3. The summed E-state index contributed by atoms with van der Waals surface area (Å²) < 4.78 is 10.8. The molecule has 0 heterocycles. The first-order valence-corrected chi connectivity index (χ1v) is 18.4. The van der Waals surface area contributed by atoms with Crippen LogP contribution in [0.2, 0.25) is 0 Å². The summed E-state index contributed by atoms with van der Waals surface area (Å²) in [5.41, 5.74) is 0. The van der Waals surface area contributed by atoms with Gasteiger partial charge in [-0.15, -0.1) is 0 Å². The number of unbranched alkanes of at least 4 members (excludes halogenated alkanes) is 26. The highest BCUT2D eigenvalue weighted by Gasteiger charge is 2.12. The van der Waals surface area contributed by atoms with Gasteiger partial charge in [-0.25, -0.2) is 0 Å². The van der Waals surface area contributed by atoms with Gasteiger partial charge in [0.1, 0.15) is 12.7 Å². The van der Waals surface area contributed by atoms with Crippen molar-refractivity contribution in [2.24, 2.45) is 0 Å². The Balaban J connectivity index is 3.39. The summed E-state index contributed by atoms with van der Waals surface area (Å²) in [4.78, 5) is 24.1. The SMILES string of the molecule is CCCCCCCCCCCCCCCCCC(=O)OCC(C)OC(=O)CCCCCCCCCCCCCCC. The Morgan fingerprint density at radius 1 is 0.415 bits per heavy atom. The van der Waals surface area contributed by atoms with E-state index in [9.17, 15) is 9.59 Å². The van der Waals surface area contributed by atoms with E-state index >= 15 is 0 Å². The molecule has 4 nitrogen and oxygen atoms in total. The molecule has 0 radical (unpaired) electrons. The fraction of sp³-hybridized carbons (Fsp3) is 0.946. The topological polar surface area (TPSA) is 52.6 Å². The fourth-order valence-corrected chi connectivity index (χ4v) is 5.53. The molecule has 0 saturated heterocycles. The van der Waals surface area contributed by atoms with E-state index in [-0.39, 0.29) is 24.6 Å². The Morgan fingerprint density at radius 3 is 1.00 bits per heavy atom. The normalized spacial score (nSPS) is 12.0. The Morgan fingerprint density at radius 2 is 0.683 bits per heavy atom. The second-order valence-electron chi connectivity index (χ2n) is 12.7. The summed E-state index contributed by atoms with van der Waals surface area (Å²) >= 11 is 0. The van der Waals surface area contributed by atoms with Crippen LogP contribution in [0, 0.1) is 0 Å². The highest BCUT2D eigenvalue weighted by Crippen LogP contribution is 2.15. The number of ether oxygens (including phenoxy) is 2. The molecule has 0 aromatic heterocycles. The Kier molecular flexibility index (Phi) is 32.6. The number of rotatable bonds is 33. The predicted molar refractivity (Wildman–Crippen MR) is 176 cm³/mol. The van der Waals surface area contributed by atoms with Crippen molar-refractivity contribution in [3.05, 3.63) is 0 Å². The minimum absolute atomic E-state index is 0.168. The van der Waals surface area contributed by atoms with E-state index in [2.05, 4.69) is 13.8 Å². The summed E-state index contributed by atoms with van der Waals surface area (Å²) in [6.45, 7) is 6.52. The molecule has 0 N–H and O–H groups in total. The third-order valence-corrected chi connectivity index (χ3v) is 8.28. The van der Waals surface area contributed by atoms with Gasteiger partial charge in [0.05, 0.1) is 0 Å². The first kappa shape index (κ1) is 39.9. The molecular weight excluding hydrogens is 508 g/mol. The van der Waals surface area contributed by atoms with E-state index in [1.165, 1.54) is 154 Å². The molecule has 0 fully saturated rings. The van der Waals surface area contributed by atoms with Crippen molar-refractivity contribution in [3.8, 4) is 0 Å². The van der Waals surface area contributed by atoms with Crippen LogP contribution in [0.1, 0.15) is 213 Å². The first-order chi connectivity index (χ1) is 20.1. The summed E-state index contributed by atoms with van der Waals surface area (Å²) in [6, 6.07) is 0. The zero-order valence-corrected chi connectivity index (χ0v) is 28.1. The second-order valence-corrected chi connectivity index (χ2v) is 12.7. The summed E-state index contributed by atoms with van der Waals surface area (Å²) in [5, 5.41) is 0. The van der Waals surface area contributed by atoms with Gasteiger partial charge in [0.25, 0.3) is 0 Å². The Bertz CT molecular complexity index is 547. The second kappa shape index (κ2) is 33.4. The van der Waals surface area contributed by atoms with Crippen LogP contribution in [-0.2, 0) is 19.1 Å². The Labute approximate surface area is 256 Å². The molecule has 0 spiro atoms. The van der Waals surface area contributed by atoms with Gasteiger partial charge in [-0.3, -0.25) is 9.59 Å². The van der Waals surface area contributed by atoms with Gasteiger partial charge in [-0.05, 0) is 19.8 Å². The van der Waals surface area contributed by atoms with E-state index in [0.29, 0.717) is 12.8 Å². The number of hydrogen-bond donors (Lipinski definition) is 0. The highest BCUT2D eigenvalue weighted by atomic mass is 16.6. The molecule has 1 atom stereocenters. The van der Waals surface area contributed by atoms with Crippen LogP contribution >= 0.6 is 0 Å². The van der Waals surface area contributed by atoms with E-state index in [1.54, 1.807) is 0 Å². The zero-order chi connectivity index (χ0) is 30.1. The number of esters is 2. The van der Waals surface area contributed by atoms with Crippen LogP contribution in [0.5, 0.6) is 0 Å². The van der Waals surface area contributed by atoms with Crippen molar-refractivity contribution in [2.45, 2.75) is 219 Å². The molecule has 1 unspecified atom stereocenters. The van der Waals surface area contributed by atoms with Crippen LogP contribution < -0.4 is 0 Å². The van der Waals surface area contributed by atoms with E-state index in [0.717, 1.165) is 25.7 Å². The molecular formula is C37H72O4. The van der Waals surface area contributed by atoms with E-state index in [1.807, 2.05) is 6.92 Å². The molecule has 0 aromatic rings. The van der Waals surface area contributed by atoms with Crippen LogP contribution in [-0.4, -0.2) is 24.6 Å². The van der Waals surface area contributed by atoms with E-state index < -0.39 is 0 Å². The minimum atomic E-state index is -0.366. The molecule has 0 aliphatic heterocycles. The maximum absolute atomic E-state index is 12.1. The summed E-state index contributed by atoms with van der Waals surface area (Å²) in [6.07, 6.45) is 37.1. The van der Waals surface area contributed by atoms with Crippen molar-refractivity contribution in [2.75, 3.05) is 6.61 Å². The van der Waals surface area contributed by atoms with Gasteiger partial charge in [0.15, 0.2) is 0 Å². The maximum atomic E-state index is 12.1. The number of carbonyl (C=O) groups excluding carboxylic acids is 2. The van der Waals surface area contributed by atoms with Gasteiger partial charge in [0.2, 0.25) is 0 Å². The molecule has 0 rings (SSSR count). The molecule has 0 aromatic carbocycles. The lowest BCUT2D eigenvalue weighted by molar-refractivity contribution is -0.158. The molecule has 0 aliphatic rings. The lowest BCUT2D eigenvalue weighted by atomic mass is 10.0. The number of hydrogen-bond acceptors (Lipinski definition) is 4. The largest absolute Gasteiger partial charge is 0.462 e. The van der Waals surface area contributed by atoms with Gasteiger partial charge >= 0.3 is 11.9 Å². The fourth-order valence-electron chi connectivity index (χ4n) is 5.53. The van der Waals surface area contributed by atoms with Gasteiger partial charge in [-0.2, -0.15) is 0 Å². The van der Waals surface area contributed by atoms with Crippen LogP contribution in [0.15, 0.2) is 0 Å². The van der Waals surface area contributed by atoms with Gasteiger partial charge < -0.3 is 9.47 Å². The van der Waals surface area contributed by atoms with Crippen LogP contribution in [0.4, 0.5) is 0 Å². The van der Waals surface area contributed by atoms with Crippen LogP contribution in [0.3, 0.4) is 0 Å². The van der Waals surface area contributed by atoms with Crippen LogP contribution in [0.25, 0.3) is 0 Å². The molecule has 244 valence electrons. The van der Waals surface area contributed by atoms with Crippen molar-refractivity contribution in [1.29, 1.82) is 0 Å². The molecule has 0 bridgehead atoms. The average molecular weight is 581 g/mol. The predicted octanol–water partition coefficient (Wildman–Crippen LogP) is 12.2. The molecule has 4 heteroatoms. The smallest absolute Gasteiger partial charge is 0.306 e. The summed E-state index contributed by atoms with van der Waals surface area (Å²) in [5.74, 6) is -0.335. The monoisotopic (exact) mass is 581 g/mol. The van der Waals surface area contributed by atoms with Crippen molar-refractivity contribution < 1.29 is 19.1 Å². The lowest BCUT2D eigenvalue weighted by Crippen LogP contribution is -2.22.